The molecule has 0 bridgehead atoms. The van der Waals surface area contributed by atoms with E-state index in [2.05, 4.69) is 10.8 Å². The topological polar surface area (TPSA) is 9.23 Å². The van der Waals surface area contributed by atoms with Crippen molar-refractivity contribution in [2.75, 3.05) is 6.67 Å². The van der Waals surface area contributed by atoms with E-state index in [1.165, 1.54) is 32.1 Å². The van der Waals surface area contributed by atoms with Gasteiger partial charge >= 0.3 is 6.36 Å². The summed E-state index contributed by atoms with van der Waals surface area (Å²) in [6, 6.07) is 1.96. The number of allylic oxidation sites excluding steroid dienone is 2. The highest BCUT2D eigenvalue weighted by Gasteiger charge is 2.34. The molecular weight excluding hydrogens is 430 g/mol. The highest BCUT2D eigenvalue weighted by atomic mass is 19.4. The Bertz CT molecular complexity index is 720. The first-order valence-corrected chi connectivity index (χ1v) is 11.7. The zero-order chi connectivity index (χ0) is 23.1. The molecule has 2 saturated carbocycles. The normalized spacial score (nSPS) is 27.1. The minimum atomic E-state index is -5.13. The number of ether oxygens (including phenoxy) is 1. The van der Waals surface area contributed by atoms with Crippen LogP contribution in [-0.4, -0.2) is 13.0 Å². The van der Waals surface area contributed by atoms with E-state index in [0.29, 0.717) is 23.8 Å². The standard InChI is InChI=1S/C25H32F6O/c26-14-2-1-3-17-4-6-18(7-5-17)8-9-19-10-12-20(13-11-19)21-15-22(27)24(23(28)16-21)32-25(29,30)31/h1,3,15-20H,2,4-14H2/b3-1+/t17-,18-,19?,20?. The molecule has 2 aliphatic rings. The summed E-state index contributed by atoms with van der Waals surface area (Å²) in [5, 5.41) is 0. The molecule has 0 aromatic heterocycles. The van der Waals surface area contributed by atoms with Crippen molar-refractivity contribution >= 4 is 0 Å². The lowest BCUT2D eigenvalue weighted by Crippen LogP contribution is -2.20. The van der Waals surface area contributed by atoms with Crippen molar-refractivity contribution in [3.05, 3.63) is 41.5 Å². The fourth-order valence-corrected chi connectivity index (χ4v) is 5.31. The van der Waals surface area contributed by atoms with E-state index in [4.69, 9.17) is 0 Å². The molecule has 0 N–H and O–H groups in total. The maximum atomic E-state index is 14.0. The maximum absolute atomic E-state index is 14.0. The SMILES string of the molecule is FCC/C=C/[C@H]1CC[C@H](CCC2CCC(c3cc(F)c(OC(F)(F)F)c(F)c3)CC2)CC1. The fourth-order valence-electron chi connectivity index (χ4n) is 5.31. The van der Waals surface area contributed by atoms with Gasteiger partial charge in [-0.2, -0.15) is 0 Å². The Kier molecular flexibility index (Phi) is 8.95. The molecule has 0 spiro atoms. The third kappa shape index (κ3) is 7.45. The fraction of sp³-hybridized carbons (Fsp3) is 0.680. The van der Waals surface area contributed by atoms with Gasteiger partial charge in [0.15, 0.2) is 11.6 Å². The lowest BCUT2D eigenvalue weighted by atomic mass is 9.74. The number of rotatable bonds is 8. The predicted molar refractivity (Wildman–Crippen MR) is 112 cm³/mol. The van der Waals surface area contributed by atoms with E-state index < -0.39 is 23.7 Å². The third-order valence-electron chi connectivity index (χ3n) is 7.12. The van der Waals surface area contributed by atoms with Crippen LogP contribution in [0.2, 0.25) is 0 Å². The molecule has 0 unspecified atom stereocenters. The van der Waals surface area contributed by atoms with Crippen molar-refractivity contribution in [2.45, 2.75) is 82.9 Å². The quantitative estimate of drug-likeness (QED) is 0.277. The molecule has 0 aliphatic heterocycles. The van der Waals surface area contributed by atoms with Crippen LogP contribution >= 0.6 is 0 Å². The second-order valence-electron chi connectivity index (χ2n) is 9.34. The van der Waals surface area contributed by atoms with Gasteiger partial charge in [0.25, 0.3) is 0 Å². The zero-order valence-corrected chi connectivity index (χ0v) is 18.3. The average molecular weight is 463 g/mol. The van der Waals surface area contributed by atoms with Crippen LogP contribution in [0.4, 0.5) is 26.3 Å². The Morgan fingerprint density at radius 3 is 1.88 bits per heavy atom. The molecule has 2 fully saturated rings. The summed E-state index contributed by atoms with van der Waals surface area (Å²) in [6.45, 7) is -0.296. The summed E-state index contributed by atoms with van der Waals surface area (Å²) in [5.41, 5.74) is 0.409. The number of halogens is 6. The van der Waals surface area contributed by atoms with Gasteiger partial charge in [0.05, 0.1) is 6.67 Å². The van der Waals surface area contributed by atoms with Gasteiger partial charge < -0.3 is 4.74 Å². The lowest BCUT2D eigenvalue weighted by molar-refractivity contribution is -0.276. The minimum Gasteiger partial charge on any atom is -0.399 e. The van der Waals surface area contributed by atoms with Gasteiger partial charge in [0.1, 0.15) is 0 Å². The van der Waals surface area contributed by atoms with Crippen molar-refractivity contribution in [2.24, 2.45) is 17.8 Å². The molecule has 180 valence electrons. The molecule has 0 radical (unpaired) electrons. The molecule has 7 heteroatoms. The summed E-state index contributed by atoms with van der Waals surface area (Å²) in [4.78, 5) is 0. The first-order valence-electron chi connectivity index (χ1n) is 11.7. The van der Waals surface area contributed by atoms with Gasteiger partial charge in [-0.05, 0) is 99.2 Å². The van der Waals surface area contributed by atoms with Crippen molar-refractivity contribution < 1.29 is 31.1 Å². The van der Waals surface area contributed by atoms with E-state index in [9.17, 15) is 26.3 Å². The van der Waals surface area contributed by atoms with Crippen LogP contribution in [0.1, 0.15) is 82.1 Å². The zero-order valence-electron chi connectivity index (χ0n) is 18.3. The Balaban J connectivity index is 1.42. The van der Waals surface area contributed by atoms with Gasteiger partial charge in [0.2, 0.25) is 5.75 Å². The molecule has 0 amide bonds. The van der Waals surface area contributed by atoms with Crippen LogP contribution < -0.4 is 4.74 Å². The summed E-state index contributed by atoms with van der Waals surface area (Å²) in [5.74, 6) is -2.13. The van der Waals surface area contributed by atoms with Crippen LogP contribution in [0.5, 0.6) is 5.75 Å². The smallest absolute Gasteiger partial charge is 0.399 e. The van der Waals surface area contributed by atoms with E-state index >= 15 is 0 Å². The van der Waals surface area contributed by atoms with Gasteiger partial charge in [-0.1, -0.05) is 25.0 Å². The van der Waals surface area contributed by atoms with Crippen LogP contribution in [0.3, 0.4) is 0 Å². The second-order valence-corrected chi connectivity index (χ2v) is 9.34. The first kappa shape index (κ1) is 25.0. The van der Waals surface area contributed by atoms with E-state index in [1.807, 2.05) is 6.08 Å². The van der Waals surface area contributed by atoms with Gasteiger partial charge in [-0.3, -0.25) is 4.39 Å². The van der Waals surface area contributed by atoms with Crippen LogP contribution in [0.25, 0.3) is 0 Å². The van der Waals surface area contributed by atoms with E-state index in [1.54, 1.807) is 0 Å². The predicted octanol–water partition coefficient (Wildman–Crippen LogP) is 8.64. The van der Waals surface area contributed by atoms with E-state index in [0.717, 1.165) is 50.2 Å². The largest absolute Gasteiger partial charge is 0.573 e. The van der Waals surface area contributed by atoms with Gasteiger partial charge in [-0.15, -0.1) is 13.2 Å². The molecule has 2 aliphatic carbocycles. The third-order valence-corrected chi connectivity index (χ3v) is 7.12. The minimum absolute atomic E-state index is 0.0401. The lowest BCUT2D eigenvalue weighted by Gasteiger charge is -2.31. The second kappa shape index (κ2) is 11.5. The number of hydrogen-bond acceptors (Lipinski definition) is 1. The number of hydrogen-bond donors (Lipinski definition) is 0. The Morgan fingerprint density at radius 1 is 0.844 bits per heavy atom. The summed E-state index contributed by atoms with van der Waals surface area (Å²) in [7, 11) is 0. The van der Waals surface area contributed by atoms with Crippen molar-refractivity contribution in [1.82, 2.24) is 0 Å². The van der Waals surface area contributed by atoms with Gasteiger partial charge in [-0.25, -0.2) is 8.78 Å². The summed E-state index contributed by atoms with van der Waals surface area (Å²) in [6.07, 6.45) is 10.1. The van der Waals surface area contributed by atoms with Crippen molar-refractivity contribution in [3.8, 4) is 5.75 Å². The summed E-state index contributed by atoms with van der Waals surface area (Å²) >= 11 is 0. The molecule has 1 aromatic carbocycles. The number of alkyl halides is 4. The molecule has 1 aromatic rings. The van der Waals surface area contributed by atoms with Crippen LogP contribution in [0.15, 0.2) is 24.3 Å². The molecule has 0 heterocycles. The highest BCUT2D eigenvalue weighted by Crippen LogP contribution is 2.41. The molecule has 1 nitrogen and oxygen atoms in total. The van der Waals surface area contributed by atoms with Crippen LogP contribution in [0, 0.1) is 29.4 Å². The summed E-state index contributed by atoms with van der Waals surface area (Å²) < 4.78 is 80.7. The highest BCUT2D eigenvalue weighted by molar-refractivity contribution is 5.33. The average Bonchev–Trinajstić information content (AvgIpc) is 2.75. The molecule has 0 atom stereocenters. The van der Waals surface area contributed by atoms with E-state index in [-0.39, 0.29) is 12.6 Å². The molecule has 3 rings (SSSR count). The monoisotopic (exact) mass is 462 g/mol. The van der Waals surface area contributed by atoms with Crippen LogP contribution in [-0.2, 0) is 0 Å². The molecule has 0 saturated heterocycles. The maximum Gasteiger partial charge on any atom is 0.573 e. The van der Waals surface area contributed by atoms with Crippen molar-refractivity contribution in [3.63, 3.8) is 0 Å². The Morgan fingerprint density at radius 2 is 1.38 bits per heavy atom. The molecule has 32 heavy (non-hydrogen) atoms. The number of benzene rings is 1. The Labute approximate surface area is 186 Å². The Hall–Kier alpha value is -1.66. The first-order chi connectivity index (χ1) is 15.2. The van der Waals surface area contributed by atoms with Gasteiger partial charge in [0, 0.05) is 0 Å². The molecular formula is C25H32F6O. The van der Waals surface area contributed by atoms with Crippen molar-refractivity contribution in [1.29, 1.82) is 0 Å².